The highest BCUT2D eigenvalue weighted by Gasteiger charge is 2.23. The molecule has 0 saturated carbocycles. The Kier molecular flexibility index (Phi) is 5.40. The lowest BCUT2D eigenvalue weighted by atomic mass is 10.0. The lowest BCUT2D eigenvalue weighted by Gasteiger charge is -2.28. The van der Waals surface area contributed by atoms with Crippen LogP contribution in [-0.2, 0) is 0 Å². The number of amides is 1. The molecule has 2 rings (SSSR count). The van der Waals surface area contributed by atoms with Crippen molar-refractivity contribution in [1.82, 2.24) is 4.90 Å². The maximum Gasteiger partial charge on any atom is 0.254 e. The SMILES string of the molecule is COc1ccc(C(CO)N(C)C(=O)c2cccc(C)c2C)cc1. The lowest BCUT2D eigenvalue weighted by Crippen LogP contribution is -2.33. The van der Waals surface area contributed by atoms with Crippen LogP contribution in [0.5, 0.6) is 5.75 Å². The van der Waals surface area contributed by atoms with Crippen LogP contribution in [0.4, 0.5) is 0 Å². The van der Waals surface area contributed by atoms with Gasteiger partial charge in [0, 0.05) is 12.6 Å². The third-order valence-electron chi connectivity index (χ3n) is 4.30. The molecular weight excluding hydrogens is 290 g/mol. The van der Waals surface area contributed by atoms with Crippen LogP contribution in [-0.4, -0.2) is 36.7 Å². The predicted octanol–water partition coefficient (Wildman–Crippen LogP) is 3.12. The molecule has 122 valence electrons. The molecule has 0 fully saturated rings. The van der Waals surface area contributed by atoms with Crippen LogP contribution in [0.3, 0.4) is 0 Å². The van der Waals surface area contributed by atoms with Crippen molar-refractivity contribution in [3.8, 4) is 5.75 Å². The van der Waals surface area contributed by atoms with E-state index in [0.717, 1.165) is 22.4 Å². The van der Waals surface area contributed by atoms with Gasteiger partial charge in [0.25, 0.3) is 5.91 Å². The van der Waals surface area contributed by atoms with E-state index in [-0.39, 0.29) is 12.5 Å². The highest BCUT2D eigenvalue weighted by atomic mass is 16.5. The first kappa shape index (κ1) is 17.0. The Labute approximate surface area is 137 Å². The van der Waals surface area contributed by atoms with Gasteiger partial charge in [-0.25, -0.2) is 0 Å². The number of methoxy groups -OCH3 is 1. The Morgan fingerprint density at radius 2 is 1.83 bits per heavy atom. The minimum atomic E-state index is -0.395. The van der Waals surface area contributed by atoms with Crippen molar-refractivity contribution < 1.29 is 14.6 Å². The lowest BCUT2D eigenvalue weighted by molar-refractivity contribution is 0.0657. The van der Waals surface area contributed by atoms with E-state index in [2.05, 4.69) is 0 Å². The molecule has 0 spiro atoms. The third kappa shape index (κ3) is 3.54. The highest BCUT2D eigenvalue weighted by molar-refractivity contribution is 5.96. The maximum atomic E-state index is 12.8. The minimum absolute atomic E-state index is 0.0962. The van der Waals surface area contributed by atoms with Crippen molar-refractivity contribution in [2.45, 2.75) is 19.9 Å². The summed E-state index contributed by atoms with van der Waals surface area (Å²) >= 11 is 0. The zero-order chi connectivity index (χ0) is 17.0. The first-order valence-electron chi connectivity index (χ1n) is 7.57. The van der Waals surface area contributed by atoms with Crippen molar-refractivity contribution in [2.75, 3.05) is 20.8 Å². The summed E-state index contributed by atoms with van der Waals surface area (Å²) in [5.41, 5.74) is 3.58. The molecule has 1 unspecified atom stereocenters. The van der Waals surface area contributed by atoms with Crippen molar-refractivity contribution >= 4 is 5.91 Å². The number of aliphatic hydroxyl groups is 1. The largest absolute Gasteiger partial charge is 0.497 e. The molecule has 0 aromatic heterocycles. The van der Waals surface area contributed by atoms with Gasteiger partial charge in [0.05, 0.1) is 19.8 Å². The van der Waals surface area contributed by atoms with Crippen molar-refractivity contribution in [3.05, 3.63) is 64.7 Å². The summed E-state index contributed by atoms with van der Waals surface area (Å²) in [5.74, 6) is 0.648. The maximum absolute atomic E-state index is 12.8. The van der Waals surface area contributed by atoms with Crippen molar-refractivity contribution in [3.63, 3.8) is 0 Å². The number of ether oxygens (including phenoxy) is 1. The Balaban J connectivity index is 2.29. The van der Waals surface area contributed by atoms with Gasteiger partial charge < -0.3 is 14.7 Å². The molecule has 4 heteroatoms. The van der Waals surface area contributed by atoms with E-state index in [9.17, 15) is 9.90 Å². The van der Waals surface area contributed by atoms with Crippen LogP contribution in [0.1, 0.15) is 33.1 Å². The number of carbonyl (C=O) groups is 1. The molecule has 2 aromatic carbocycles. The number of likely N-dealkylation sites (N-methyl/N-ethyl adjacent to an activating group) is 1. The van der Waals surface area contributed by atoms with E-state index >= 15 is 0 Å². The van der Waals surface area contributed by atoms with Gasteiger partial charge in [-0.2, -0.15) is 0 Å². The van der Waals surface area contributed by atoms with E-state index in [1.807, 2.05) is 56.3 Å². The molecule has 2 aromatic rings. The summed E-state index contributed by atoms with van der Waals surface area (Å²) in [7, 11) is 3.32. The Bertz CT molecular complexity index is 680. The van der Waals surface area contributed by atoms with Crippen LogP contribution in [0, 0.1) is 13.8 Å². The van der Waals surface area contributed by atoms with Crippen LogP contribution < -0.4 is 4.74 Å². The van der Waals surface area contributed by atoms with Crippen LogP contribution in [0.25, 0.3) is 0 Å². The van der Waals surface area contributed by atoms with Gasteiger partial charge in [0.1, 0.15) is 5.75 Å². The van der Waals surface area contributed by atoms with Gasteiger partial charge in [0.15, 0.2) is 0 Å². The molecule has 0 aliphatic heterocycles. The second-order valence-corrected chi connectivity index (χ2v) is 5.64. The molecule has 0 aliphatic carbocycles. The molecule has 23 heavy (non-hydrogen) atoms. The molecule has 0 saturated heterocycles. The van der Waals surface area contributed by atoms with Gasteiger partial charge >= 0.3 is 0 Å². The number of aryl methyl sites for hydroxylation is 1. The normalized spacial score (nSPS) is 11.9. The third-order valence-corrected chi connectivity index (χ3v) is 4.30. The molecule has 0 aliphatic rings. The highest BCUT2D eigenvalue weighted by Crippen LogP contribution is 2.24. The number of hydrogen-bond donors (Lipinski definition) is 1. The second-order valence-electron chi connectivity index (χ2n) is 5.64. The first-order chi connectivity index (χ1) is 11.0. The molecule has 0 radical (unpaired) electrons. The average molecular weight is 313 g/mol. The fourth-order valence-electron chi connectivity index (χ4n) is 2.59. The predicted molar refractivity (Wildman–Crippen MR) is 90.8 cm³/mol. The molecular formula is C19H23NO3. The van der Waals surface area contributed by atoms with E-state index in [1.165, 1.54) is 0 Å². The number of carbonyl (C=O) groups excluding carboxylic acids is 1. The Morgan fingerprint density at radius 1 is 1.17 bits per heavy atom. The monoisotopic (exact) mass is 313 g/mol. The topological polar surface area (TPSA) is 49.8 Å². The number of benzene rings is 2. The zero-order valence-electron chi connectivity index (χ0n) is 14.0. The van der Waals surface area contributed by atoms with Crippen LogP contribution in [0.15, 0.2) is 42.5 Å². The molecule has 1 N–H and O–H groups in total. The van der Waals surface area contributed by atoms with Crippen LogP contribution >= 0.6 is 0 Å². The smallest absolute Gasteiger partial charge is 0.254 e. The Hall–Kier alpha value is -2.33. The first-order valence-corrected chi connectivity index (χ1v) is 7.57. The zero-order valence-corrected chi connectivity index (χ0v) is 14.0. The van der Waals surface area contributed by atoms with E-state index in [4.69, 9.17) is 4.74 Å². The molecule has 4 nitrogen and oxygen atoms in total. The fraction of sp³-hybridized carbons (Fsp3) is 0.316. The van der Waals surface area contributed by atoms with E-state index in [1.54, 1.807) is 19.1 Å². The molecule has 1 atom stereocenters. The summed E-state index contributed by atoms with van der Waals surface area (Å²) in [6, 6.07) is 12.7. The minimum Gasteiger partial charge on any atom is -0.497 e. The van der Waals surface area contributed by atoms with Crippen molar-refractivity contribution in [2.24, 2.45) is 0 Å². The number of hydrogen-bond acceptors (Lipinski definition) is 3. The molecule has 0 heterocycles. The summed E-state index contributed by atoms with van der Waals surface area (Å²) in [6.45, 7) is 3.79. The van der Waals surface area contributed by atoms with Gasteiger partial charge in [-0.3, -0.25) is 4.79 Å². The summed E-state index contributed by atoms with van der Waals surface area (Å²) in [6.07, 6.45) is 0. The number of rotatable bonds is 5. The van der Waals surface area contributed by atoms with Gasteiger partial charge in [-0.05, 0) is 48.7 Å². The summed E-state index contributed by atoms with van der Waals surface area (Å²) < 4.78 is 5.15. The number of aliphatic hydroxyl groups excluding tert-OH is 1. The van der Waals surface area contributed by atoms with Gasteiger partial charge in [0.2, 0.25) is 0 Å². The molecule has 0 bridgehead atoms. The van der Waals surface area contributed by atoms with Crippen molar-refractivity contribution in [1.29, 1.82) is 0 Å². The van der Waals surface area contributed by atoms with Gasteiger partial charge in [-0.1, -0.05) is 24.3 Å². The molecule has 1 amide bonds. The van der Waals surface area contributed by atoms with Crippen LogP contribution in [0.2, 0.25) is 0 Å². The number of nitrogens with zero attached hydrogens (tertiary/aromatic N) is 1. The van der Waals surface area contributed by atoms with Gasteiger partial charge in [-0.15, -0.1) is 0 Å². The second kappa shape index (κ2) is 7.29. The standard InChI is InChI=1S/C19H23NO3/c1-13-6-5-7-17(14(13)2)19(22)20(3)18(12-21)15-8-10-16(23-4)11-9-15/h5-11,18,21H,12H2,1-4H3. The van der Waals surface area contributed by atoms with E-state index < -0.39 is 6.04 Å². The quantitative estimate of drug-likeness (QED) is 0.922. The Morgan fingerprint density at radius 3 is 2.39 bits per heavy atom. The summed E-state index contributed by atoms with van der Waals surface area (Å²) in [4.78, 5) is 14.4. The van der Waals surface area contributed by atoms with E-state index in [0.29, 0.717) is 5.56 Å². The average Bonchev–Trinajstić information content (AvgIpc) is 2.58. The summed E-state index contributed by atoms with van der Waals surface area (Å²) in [5, 5.41) is 9.77. The fourth-order valence-corrected chi connectivity index (χ4v) is 2.59.